The maximum absolute atomic E-state index is 12.2. The van der Waals surface area contributed by atoms with E-state index >= 15 is 0 Å². The lowest BCUT2D eigenvalue weighted by molar-refractivity contribution is -0.0482. The Hall–Kier alpha value is -1.54. The summed E-state index contributed by atoms with van der Waals surface area (Å²) in [6.45, 7) is 6.76. The van der Waals surface area contributed by atoms with Crippen molar-refractivity contribution < 1.29 is 14.3 Å². The van der Waals surface area contributed by atoms with Crippen LogP contribution in [0.5, 0.6) is 0 Å². The Bertz CT molecular complexity index is 385. The quantitative estimate of drug-likeness (QED) is 0.553. The molecule has 5 nitrogen and oxygen atoms in total. The van der Waals surface area contributed by atoms with Crippen LogP contribution in [-0.4, -0.2) is 36.0 Å². The predicted molar refractivity (Wildman–Crippen MR) is 75.9 cm³/mol. The van der Waals surface area contributed by atoms with Crippen LogP contribution < -0.4 is 0 Å². The number of nitrogens with zero attached hydrogens (tertiary/aromatic N) is 2. The first-order valence-electron chi connectivity index (χ1n) is 7.17. The number of nitriles is 1. The van der Waals surface area contributed by atoms with Crippen molar-refractivity contribution in [2.75, 3.05) is 13.2 Å². The summed E-state index contributed by atoms with van der Waals surface area (Å²) < 4.78 is 11.0. The molecular weight excluding hydrogens is 256 g/mol. The Morgan fingerprint density at radius 3 is 3.00 bits per heavy atom. The lowest BCUT2D eigenvalue weighted by Gasteiger charge is -2.32. The Balaban J connectivity index is 2.58. The fraction of sp³-hybridized carbons (Fsp3) is 0.733. The van der Waals surface area contributed by atoms with Crippen molar-refractivity contribution in [2.45, 2.75) is 58.2 Å². The third-order valence-corrected chi connectivity index (χ3v) is 3.35. The van der Waals surface area contributed by atoms with Crippen LogP contribution in [0.1, 0.15) is 46.5 Å². The smallest absolute Gasteiger partial charge is 0.412 e. The molecule has 1 aliphatic rings. The van der Waals surface area contributed by atoms with E-state index in [0.29, 0.717) is 13.2 Å². The minimum Gasteiger partial charge on any atom is -0.449 e. The maximum atomic E-state index is 12.2. The van der Waals surface area contributed by atoms with Crippen LogP contribution in [0, 0.1) is 11.3 Å². The summed E-state index contributed by atoms with van der Waals surface area (Å²) in [5.41, 5.74) is -0.632. The number of ether oxygens (including phenoxy) is 2. The lowest BCUT2D eigenvalue weighted by Crippen LogP contribution is -2.48. The third-order valence-electron chi connectivity index (χ3n) is 3.35. The van der Waals surface area contributed by atoms with Gasteiger partial charge in [-0.2, -0.15) is 5.26 Å². The molecule has 112 valence electrons. The molecule has 0 N–H and O–H groups in total. The monoisotopic (exact) mass is 280 g/mol. The summed E-state index contributed by atoms with van der Waals surface area (Å²) >= 11 is 0. The highest BCUT2D eigenvalue weighted by Crippen LogP contribution is 2.30. The summed E-state index contributed by atoms with van der Waals surface area (Å²) in [6.07, 6.45) is 6.35. The predicted octanol–water partition coefficient (Wildman–Crippen LogP) is 3.22. The van der Waals surface area contributed by atoms with Crippen LogP contribution in [0.2, 0.25) is 0 Å². The molecule has 0 saturated carbocycles. The van der Waals surface area contributed by atoms with E-state index in [-0.39, 0.29) is 12.1 Å². The van der Waals surface area contributed by atoms with Gasteiger partial charge in [0.15, 0.2) is 0 Å². The summed E-state index contributed by atoms with van der Waals surface area (Å²) in [4.78, 5) is 13.9. The van der Waals surface area contributed by atoms with Crippen molar-refractivity contribution in [3.63, 3.8) is 0 Å². The first kappa shape index (κ1) is 16.5. The van der Waals surface area contributed by atoms with Gasteiger partial charge in [0.1, 0.15) is 5.72 Å². The minimum atomic E-state index is -0.632. The largest absolute Gasteiger partial charge is 0.449 e. The lowest BCUT2D eigenvalue weighted by atomic mass is 10.1. The van der Waals surface area contributed by atoms with Gasteiger partial charge in [0.2, 0.25) is 0 Å². The van der Waals surface area contributed by atoms with Crippen LogP contribution in [0.25, 0.3) is 0 Å². The normalized spacial score (nSPS) is 21.1. The minimum absolute atomic E-state index is 0.00229. The van der Waals surface area contributed by atoms with Gasteiger partial charge in [0.05, 0.1) is 25.3 Å². The zero-order valence-corrected chi connectivity index (χ0v) is 12.6. The fourth-order valence-corrected chi connectivity index (χ4v) is 2.26. The first-order valence-corrected chi connectivity index (χ1v) is 7.17. The number of rotatable bonds is 6. The molecule has 1 amide bonds. The summed E-state index contributed by atoms with van der Waals surface area (Å²) in [7, 11) is 0. The number of carbonyl (C=O) groups excluding carboxylic acids is 1. The van der Waals surface area contributed by atoms with E-state index in [1.807, 2.05) is 26.0 Å². The number of carbonyl (C=O) groups is 1. The van der Waals surface area contributed by atoms with Gasteiger partial charge in [-0.25, -0.2) is 4.79 Å². The van der Waals surface area contributed by atoms with Crippen molar-refractivity contribution in [3.05, 3.63) is 12.2 Å². The number of hydrogen-bond donors (Lipinski definition) is 0. The van der Waals surface area contributed by atoms with E-state index in [4.69, 9.17) is 14.7 Å². The molecule has 0 aromatic heterocycles. The molecule has 0 spiro atoms. The van der Waals surface area contributed by atoms with E-state index in [1.54, 1.807) is 4.90 Å². The second-order valence-electron chi connectivity index (χ2n) is 5.36. The van der Waals surface area contributed by atoms with Crippen molar-refractivity contribution in [1.82, 2.24) is 4.90 Å². The second kappa shape index (κ2) is 7.91. The Kier molecular flexibility index (Phi) is 6.53. The zero-order valence-electron chi connectivity index (χ0n) is 12.6. The number of unbranched alkanes of at least 4 members (excludes halogenated alkanes) is 1. The zero-order chi connectivity index (χ0) is 15.0. The first-order chi connectivity index (χ1) is 9.53. The molecular formula is C15H24N2O3. The summed E-state index contributed by atoms with van der Waals surface area (Å²) in [5, 5.41) is 8.46. The Morgan fingerprint density at radius 2 is 2.35 bits per heavy atom. The summed E-state index contributed by atoms with van der Waals surface area (Å²) in [6, 6.07) is 1.96. The van der Waals surface area contributed by atoms with Gasteiger partial charge in [0.25, 0.3) is 0 Å². The van der Waals surface area contributed by atoms with Crippen LogP contribution in [0.4, 0.5) is 4.79 Å². The van der Waals surface area contributed by atoms with Crippen molar-refractivity contribution in [3.8, 4) is 6.07 Å². The van der Waals surface area contributed by atoms with Crippen molar-refractivity contribution in [2.24, 2.45) is 0 Å². The topological polar surface area (TPSA) is 62.6 Å². The van der Waals surface area contributed by atoms with Crippen LogP contribution in [0.3, 0.4) is 0 Å². The molecule has 0 bridgehead atoms. The van der Waals surface area contributed by atoms with Crippen LogP contribution >= 0.6 is 0 Å². The van der Waals surface area contributed by atoms with Crippen molar-refractivity contribution >= 4 is 6.09 Å². The van der Waals surface area contributed by atoms with E-state index in [1.165, 1.54) is 6.08 Å². The molecule has 1 rings (SSSR count). The van der Waals surface area contributed by atoms with Gasteiger partial charge in [-0.15, -0.1) is 0 Å². The molecule has 20 heavy (non-hydrogen) atoms. The fourth-order valence-electron chi connectivity index (χ4n) is 2.26. The molecule has 1 atom stereocenters. The molecule has 0 aromatic rings. The number of allylic oxidation sites excluding steroid dienone is 2. The molecule has 1 unspecified atom stereocenters. The molecule has 0 aromatic carbocycles. The maximum Gasteiger partial charge on any atom is 0.412 e. The van der Waals surface area contributed by atoms with Crippen molar-refractivity contribution in [1.29, 1.82) is 5.26 Å². The third kappa shape index (κ3) is 4.53. The summed E-state index contributed by atoms with van der Waals surface area (Å²) in [5.74, 6) is 0. The van der Waals surface area contributed by atoms with Gasteiger partial charge in [0, 0.05) is 6.08 Å². The molecule has 1 saturated heterocycles. The second-order valence-corrected chi connectivity index (χ2v) is 5.36. The molecule has 1 heterocycles. The van der Waals surface area contributed by atoms with E-state index in [2.05, 4.69) is 6.92 Å². The van der Waals surface area contributed by atoms with Gasteiger partial charge in [-0.05, 0) is 33.1 Å². The van der Waals surface area contributed by atoms with E-state index in [0.717, 1.165) is 25.7 Å². The van der Waals surface area contributed by atoms with Gasteiger partial charge in [-0.1, -0.05) is 19.4 Å². The van der Waals surface area contributed by atoms with Gasteiger partial charge in [-0.3, -0.25) is 4.90 Å². The highest BCUT2D eigenvalue weighted by atomic mass is 16.6. The van der Waals surface area contributed by atoms with Gasteiger partial charge < -0.3 is 9.47 Å². The number of amides is 1. The Labute approximate surface area is 121 Å². The SMILES string of the molecule is CCCCOC(=O)N1C(CCC=CC#N)COC1(C)C. The average molecular weight is 280 g/mol. The van der Waals surface area contributed by atoms with E-state index in [9.17, 15) is 4.79 Å². The molecule has 5 heteroatoms. The standard InChI is InChI=1S/C15H24N2O3/c1-4-5-11-19-14(18)17-13(9-7-6-8-10-16)12-20-15(17,2)3/h6,8,13H,4-5,7,9,11-12H2,1-3H3. The highest BCUT2D eigenvalue weighted by molar-refractivity contribution is 5.69. The highest BCUT2D eigenvalue weighted by Gasteiger charge is 2.44. The number of hydrogen-bond acceptors (Lipinski definition) is 4. The molecule has 0 radical (unpaired) electrons. The molecule has 1 fully saturated rings. The molecule has 0 aliphatic carbocycles. The van der Waals surface area contributed by atoms with Gasteiger partial charge >= 0.3 is 6.09 Å². The molecule has 1 aliphatic heterocycles. The average Bonchev–Trinajstić information content (AvgIpc) is 2.70. The van der Waals surface area contributed by atoms with Crippen LogP contribution in [-0.2, 0) is 9.47 Å². The Morgan fingerprint density at radius 1 is 1.60 bits per heavy atom. The van der Waals surface area contributed by atoms with E-state index < -0.39 is 5.72 Å². The van der Waals surface area contributed by atoms with Crippen LogP contribution in [0.15, 0.2) is 12.2 Å².